The SMILES string of the molecule is Cc1ccccc1-c1cc(NCCNS(=O)(=O)c2ccc(S(C)=O)cc2)n2ncc(C)c2n1. The molecule has 4 rings (SSSR count). The molecule has 2 aromatic carbocycles. The minimum absolute atomic E-state index is 0.132. The molecule has 0 aliphatic rings. The maximum absolute atomic E-state index is 12.6. The second-order valence-corrected chi connectivity index (χ2v) is 10.8. The van der Waals surface area contributed by atoms with Crippen LogP contribution in [0.2, 0.25) is 0 Å². The van der Waals surface area contributed by atoms with Crippen molar-refractivity contribution < 1.29 is 12.6 Å². The summed E-state index contributed by atoms with van der Waals surface area (Å²) in [5.41, 5.74) is 4.66. The van der Waals surface area contributed by atoms with Gasteiger partial charge in [0.05, 0.1) is 16.8 Å². The van der Waals surface area contributed by atoms with Crippen molar-refractivity contribution in [1.29, 1.82) is 0 Å². The van der Waals surface area contributed by atoms with E-state index in [1.807, 2.05) is 44.2 Å². The smallest absolute Gasteiger partial charge is 0.240 e. The molecular formula is C23H25N5O3S2. The normalized spacial score (nSPS) is 12.7. The second-order valence-electron chi connectivity index (χ2n) is 7.65. The van der Waals surface area contributed by atoms with Crippen LogP contribution in [0.3, 0.4) is 0 Å². The topological polar surface area (TPSA) is 105 Å². The van der Waals surface area contributed by atoms with Crippen LogP contribution in [0.1, 0.15) is 11.1 Å². The number of hydrogen-bond acceptors (Lipinski definition) is 6. The van der Waals surface area contributed by atoms with E-state index in [0.29, 0.717) is 11.4 Å². The van der Waals surface area contributed by atoms with Crippen molar-refractivity contribution in [2.45, 2.75) is 23.6 Å². The molecular weight excluding hydrogens is 458 g/mol. The summed E-state index contributed by atoms with van der Waals surface area (Å²) in [5, 5.41) is 7.67. The Morgan fingerprint density at radius 3 is 2.42 bits per heavy atom. The van der Waals surface area contributed by atoms with Crippen molar-refractivity contribution in [2.75, 3.05) is 24.7 Å². The molecule has 0 aliphatic carbocycles. The number of anilines is 1. The largest absolute Gasteiger partial charge is 0.369 e. The molecule has 0 amide bonds. The van der Waals surface area contributed by atoms with Gasteiger partial charge in [-0.1, -0.05) is 24.3 Å². The van der Waals surface area contributed by atoms with Crippen LogP contribution < -0.4 is 10.0 Å². The number of rotatable bonds is 8. The van der Waals surface area contributed by atoms with Gasteiger partial charge in [0.2, 0.25) is 10.0 Å². The van der Waals surface area contributed by atoms with Crippen LogP contribution in [-0.2, 0) is 20.8 Å². The predicted octanol–water partition coefficient (Wildman–Crippen LogP) is 3.14. The maximum Gasteiger partial charge on any atom is 0.240 e. The van der Waals surface area contributed by atoms with Crippen LogP contribution in [0, 0.1) is 13.8 Å². The Bertz CT molecular complexity index is 1430. The zero-order valence-electron chi connectivity index (χ0n) is 18.6. The number of sulfonamides is 1. The first-order chi connectivity index (χ1) is 15.8. The number of hydrogen-bond donors (Lipinski definition) is 2. The molecule has 0 saturated carbocycles. The number of aromatic nitrogens is 3. The third kappa shape index (κ3) is 4.97. The van der Waals surface area contributed by atoms with Gasteiger partial charge in [-0.25, -0.2) is 18.1 Å². The standard InChI is InChI=1S/C23H25N5O3S2/c1-16-6-4-5-7-20(16)21-14-22(28-23(27-21)17(2)15-25-28)24-12-13-26-33(30,31)19-10-8-18(9-11-19)32(3)29/h4-11,14-15,24,26H,12-13H2,1-3H3. The minimum Gasteiger partial charge on any atom is -0.369 e. The zero-order valence-corrected chi connectivity index (χ0v) is 20.2. The van der Waals surface area contributed by atoms with E-state index >= 15 is 0 Å². The molecule has 8 nitrogen and oxygen atoms in total. The van der Waals surface area contributed by atoms with Crippen LogP contribution in [0.15, 0.2) is 70.6 Å². The second kappa shape index (κ2) is 9.42. The Morgan fingerprint density at radius 1 is 1.00 bits per heavy atom. The maximum atomic E-state index is 12.6. The Kier molecular flexibility index (Phi) is 6.59. The summed E-state index contributed by atoms with van der Waals surface area (Å²) in [6.07, 6.45) is 3.31. The quantitative estimate of drug-likeness (QED) is 0.373. The molecule has 2 aromatic heterocycles. The van der Waals surface area contributed by atoms with E-state index in [1.54, 1.807) is 29.1 Å². The number of benzene rings is 2. The molecule has 10 heteroatoms. The van der Waals surface area contributed by atoms with Gasteiger partial charge in [0, 0.05) is 52.2 Å². The molecule has 1 atom stereocenters. The average Bonchev–Trinajstić information content (AvgIpc) is 3.18. The van der Waals surface area contributed by atoms with Crippen molar-refractivity contribution in [3.05, 3.63) is 71.9 Å². The van der Waals surface area contributed by atoms with Crippen LogP contribution in [0.5, 0.6) is 0 Å². The van der Waals surface area contributed by atoms with E-state index in [1.165, 1.54) is 12.1 Å². The molecule has 4 aromatic rings. The van der Waals surface area contributed by atoms with Gasteiger partial charge in [-0.05, 0) is 43.7 Å². The van der Waals surface area contributed by atoms with Crippen LogP contribution in [0.4, 0.5) is 5.82 Å². The van der Waals surface area contributed by atoms with Crippen molar-refractivity contribution in [3.63, 3.8) is 0 Å². The summed E-state index contributed by atoms with van der Waals surface area (Å²) >= 11 is 0. The highest BCUT2D eigenvalue weighted by Crippen LogP contribution is 2.26. The van der Waals surface area contributed by atoms with E-state index in [2.05, 4.69) is 15.1 Å². The van der Waals surface area contributed by atoms with E-state index < -0.39 is 20.8 Å². The highest BCUT2D eigenvalue weighted by Gasteiger charge is 2.15. The van der Waals surface area contributed by atoms with E-state index in [-0.39, 0.29) is 11.4 Å². The van der Waals surface area contributed by atoms with E-state index in [9.17, 15) is 12.6 Å². The van der Waals surface area contributed by atoms with Gasteiger partial charge in [-0.15, -0.1) is 0 Å². The fourth-order valence-corrected chi connectivity index (χ4v) is 5.02. The molecule has 0 fully saturated rings. The monoisotopic (exact) mass is 483 g/mol. The van der Waals surface area contributed by atoms with Crippen molar-refractivity contribution in [3.8, 4) is 11.3 Å². The first-order valence-electron chi connectivity index (χ1n) is 10.3. The summed E-state index contributed by atoms with van der Waals surface area (Å²) in [5.74, 6) is 0.723. The number of fused-ring (bicyclic) bond motifs is 1. The lowest BCUT2D eigenvalue weighted by Gasteiger charge is -2.13. The van der Waals surface area contributed by atoms with Gasteiger partial charge < -0.3 is 5.32 Å². The highest BCUT2D eigenvalue weighted by atomic mass is 32.2. The number of aryl methyl sites for hydroxylation is 2. The summed E-state index contributed by atoms with van der Waals surface area (Å²) in [7, 11) is -4.83. The van der Waals surface area contributed by atoms with Crippen molar-refractivity contribution >= 4 is 32.3 Å². The molecule has 2 heterocycles. The van der Waals surface area contributed by atoms with Gasteiger partial charge >= 0.3 is 0 Å². The Morgan fingerprint density at radius 2 is 1.73 bits per heavy atom. The molecule has 0 radical (unpaired) electrons. The summed E-state index contributed by atoms with van der Waals surface area (Å²) in [6.45, 7) is 4.51. The van der Waals surface area contributed by atoms with E-state index in [0.717, 1.165) is 33.8 Å². The molecule has 33 heavy (non-hydrogen) atoms. The Hall–Kier alpha value is -3.08. The molecule has 2 N–H and O–H groups in total. The summed E-state index contributed by atoms with van der Waals surface area (Å²) < 4.78 is 41.0. The fourth-order valence-electron chi connectivity index (χ4n) is 3.47. The van der Waals surface area contributed by atoms with Gasteiger partial charge in [-0.3, -0.25) is 4.21 Å². The van der Waals surface area contributed by atoms with Gasteiger partial charge in [0.15, 0.2) is 5.65 Å². The van der Waals surface area contributed by atoms with Crippen molar-refractivity contribution in [1.82, 2.24) is 19.3 Å². The van der Waals surface area contributed by atoms with Crippen molar-refractivity contribution in [2.24, 2.45) is 0 Å². The van der Waals surface area contributed by atoms with E-state index in [4.69, 9.17) is 4.98 Å². The van der Waals surface area contributed by atoms with Crippen LogP contribution in [0.25, 0.3) is 16.9 Å². The first-order valence-corrected chi connectivity index (χ1v) is 13.4. The van der Waals surface area contributed by atoms with Gasteiger partial charge in [0.1, 0.15) is 5.82 Å². The van der Waals surface area contributed by atoms with Gasteiger partial charge in [-0.2, -0.15) is 9.61 Å². The lowest BCUT2D eigenvalue weighted by molar-refractivity contribution is 0.582. The summed E-state index contributed by atoms with van der Waals surface area (Å²) in [6, 6.07) is 16.0. The zero-order chi connectivity index (χ0) is 23.6. The minimum atomic E-state index is -3.68. The molecule has 0 aliphatic heterocycles. The number of nitrogens with zero attached hydrogens (tertiary/aromatic N) is 3. The predicted molar refractivity (Wildman–Crippen MR) is 130 cm³/mol. The van der Waals surface area contributed by atoms with Crippen LogP contribution in [-0.4, -0.2) is 46.6 Å². The fraction of sp³-hybridized carbons (Fsp3) is 0.217. The lowest BCUT2D eigenvalue weighted by Crippen LogP contribution is -2.29. The third-order valence-electron chi connectivity index (χ3n) is 5.26. The molecule has 1 unspecified atom stereocenters. The average molecular weight is 484 g/mol. The molecule has 172 valence electrons. The number of nitrogens with one attached hydrogen (secondary N) is 2. The first kappa shape index (κ1) is 23.1. The molecule has 0 spiro atoms. The van der Waals surface area contributed by atoms with Gasteiger partial charge in [0.25, 0.3) is 0 Å². The Labute approximate surface area is 195 Å². The highest BCUT2D eigenvalue weighted by molar-refractivity contribution is 7.89. The van der Waals surface area contributed by atoms with Crippen LogP contribution >= 0.6 is 0 Å². The molecule has 0 saturated heterocycles. The summed E-state index contributed by atoms with van der Waals surface area (Å²) in [4.78, 5) is 5.49. The lowest BCUT2D eigenvalue weighted by atomic mass is 10.1. The molecule has 0 bridgehead atoms. The third-order valence-corrected chi connectivity index (χ3v) is 7.67. The Balaban J connectivity index is 1.50.